The van der Waals surface area contributed by atoms with Crippen LogP contribution in [0.3, 0.4) is 0 Å². The molecule has 2 heterocycles. The van der Waals surface area contributed by atoms with E-state index in [1.807, 2.05) is 60.7 Å². The average Bonchev–Trinajstić information content (AvgIpc) is 2.95. The summed E-state index contributed by atoms with van der Waals surface area (Å²) in [6.07, 6.45) is 0. The van der Waals surface area contributed by atoms with Crippen molar-refractivity contribution in [2.24, 2.45) is 0 Å². The summed E-state index contributed by atoms with van der Waals surface area (Å²) >= 11 is 0. The van der Waals surface area contributed by atoms with Crippen molar-refractivity contribution in [1.29, 1.82) is 0 Å². The van der Waals surface area contributed by atoms with E-state index in [4.69, 9.17) is 5.73 Å². The second-order valence-electron chi connectivity index (χ2n) is 4.81. The number of nitrogens with zero attached hydrogens (tertiary/aromatic N) is 5. The van der Waals surface area contributed by atoms with Gasteiger partial charge in [0.15, 0.2) is 0 Å². The number of aromatic nitrogens is 5. The van der Waals surface area contributed by atoms with Crippen LogP contribution in [-0.2, 0) is 0 Å². The van der Waals surface area contributed by atoms with Crippen LogP contribution in [0.5, 0.6) is 0 Å². The van der Waals surface area contributed by atoms with E-state index in [9.17, 15) is 0 Å². The lowest BCUT2D eigenvalue weighted by molar-refractivity contribution is 0.902. The lowest BCUT2D eigenvalue weighted by atomic mass is 10.0. The zero-order valence-corrected chi connectivity index (χ0v) is 11.6. The van der Waals surface area contributed by atoms with Gasteiger partial charge < -0.3 is 5.73 Å². The molecule has 0 saturated heterocycles. The molecule has 0 fully saturated rings. The molecule has 0 amide bonds. The van der Waals surface area contributed by atoms with Gasteiger partial charge in [-0.05, 0) is 0 Å². The van der Waals surface area contributed by atoms with Gasteiger partial charge in [-0.15, -0.1) is 15.3 Å². The van der Waals surface area contributed by atoms with E-state index in [1.165, 1.54) is 0 Å². The van der Waals surface area contributed by atoms with Crippen molar-refractivity contribution in [3.8, 4) is 22.5 Å². The van der Waals surface area contributed by atoms with Gasteiger partial charge in [0.2, 0.25) is 5.95 Å². The van der Waals surface area contributed by atoms with E-state index < -0.39 is 0 Å². The Morgan fingerprint density at radius 1 is 0.773 bits per heavy atom. The number of nitrogen functional groups attached to an aromatic ring is 1. The van der Waals surface area contributed by atoms with Gasteiger partial charge in [0.25, 0.3) is 5.78 Å². The van der Waals surface area contributed by atoms with E-state index in [1.54, 1.807) is 4.52 Å². The molecule has 0 aliphatic carbocycles. The highest BCUT2D eigenvalue weighted by atomic mass is 15.4. The maximum absolute atomic E-state index is 5.72. The molecule has 4 rings (SSSR count). The summed E-state index contributed by atoms with van der Waals surface area (Å²) in [7, 11) is 0. The van der Waals surface area contributed by atoms with Crippen molar-refractivity contribution in [3.05, 3.63) is 60.7 Å². The molecular formula is C16H12N6. The molecule has 0 aliphatic heterocycles. The van der Waals surface area contributed by atoms with Crippen LogP contribution in [0, 0.1) is 0 Å². The van der Waals surface area contributed by atoms with Gasteiger partial charge in [0, 0.05) is 11.1 Å². The molecule has 6 heteroatoms. The molecule has 22 heavy (non-hydrogen) atoms. The average molecular weight is 288 g/mol. The van der Waals surface area contributed by atoms with Crippen LogP contribution in [0.4, 0.5) is 5.95 Å². The zero-order chi connectivity index (χ0) is 14.9. The van der Waals surface area contributed by atoms with Crippen molar-refractivity contribution in [1.82, 2.24) is 24.8 Å². The van der Waals surface area contributed by atoms with Crippen molar-refractivity contribution in [2.75, 3.05) is 5.73 Å². The molecule has 0 unspecified atom stereocenters. The van der Waals surface area contributed by atoms with Crippen molar-refractivity contribution < 1.29 is 0 Å². The van der Waals surface area contributed by atoms with E-state index in [-0.39, 0.29) is 5.95 Å². The fraction of sp³-hybridized carbons (Fsp3) is 0. The lowest BCUT2D eigenvalue weighted by Crippen LogP contribution is -2.03. The molecule has 0 spiro atoms. The number of benzene rings is 2. The third-order valence-electron chi connectivity index (χ3n) is 3.38. The summed E-state index contributed by atoms with van der Waals surface area (Å²) in [5.74, 6) is 0.563. The maximum atomic E-state index is 5.72. The van der Waals surface area contributed by atoms with E-state index in [2.05, 4.69) is 20.3 Å². The monoisotopic (exact) mass is 288 g/mol. The lowest BCUT2D eigenvalue weighted by Gasteiger charge is -2.09. The summed E-state index contributed by atoms with van der Waals surface area (Å²) in [6.45, 7) is 0. The molecule has 6 nitrogen and oxygen atoms in total. The Kier molecular flexibility index (Phi) is 2.79. The second kappa shape index (κ2) is 4.92. The van der Waals surface area contributed by atoms with Crippen molar-refractivity contribution in [3.63, 3.8) is 0 Å². The van der Waals surface area contributed by atoms with Crippen LogP contribution < -0.4 is 5.73 Å². The quantitative estimate of drug-likeness (QED) is 0.612. The molecule has 2 N–H and O–H groups in total. The van der Waals surface area contributed by atoms with Crippen LogP contribution in [-0.4, -0.2) is 24.8 Å². The predicted molar refractivity (Wildman–Crippen MR) is 83.9 cm³/mol. The Bertz CT molecular complexity index is 931. The Morgan fingerprint density at radius 3 is 2.09 bits per heavy atom. The molecular weight excluding hydrogens is 276 g/mol. The first kappa shape index (κ1) is 12.5. The fourth-order valence-electron chi connectivity index (χ4n) is 2.42. The normalized spacial score (nSPS) is 10.9. The molecule has 2 aromatic carbocycles. The molecule has 0 aliphatic rings. The first-order valence-corrected chi connectivity index (χ1v) is 6.83. The highest BCUT2D eigenvalue weighted by Gasteiger charge is 2.16. The van der Waals surface area contributed by atoms with Gasteiger partial charge in [0.1, 0.15) is 11.4 Å². The first-order valence-electron chi connectivity index (χ1n) is 6.83. The number of hydrogen-bond acceptors (Lipinski definition) is 5. The van der Waals surface area contributed by atoms with Crippen LogP contribution in [0.25, 0.3) is 28.3 Å². The minimum atomic E-state index is 0.177. The smallest absolute Gasteiger partial charge is 0.274 e. The molecule has 0 atom stereocenters. The summed E-state index contributed by atoms with van der Waals surface area (Å²) in [6, 6.07) is 19.8. The van der Waals surface area contributed by atoms with Crippen LogP contribution >= 0.6 is 0 Å². The molecule has 0 radical (unpaired) electrons. The standard InChI is InChI=1S/C16H12N6/c17-15-18-16-20-19-13(11-7-3-1-4-8-11)14(22(16)21-15)12-9-5-2-6-10-12/h1-10H,(H2,17,21). The Morgan fingerprint density at radius 2 is 1.41 bits per heavy atom. The third kappa shape index (κ3) is 1.98. The largest absolute Gasteiger partial charge is 0.366 e. The zero-order valence-electron chi connectivity index (χ0n) is 11.6. The third-order valence-corrected chi connectivity index (χ3v) is 3.38. The van der Waals surface area contributed by atoms with Gasteiger partial charge in [-0.3, -0.25) is 0 Å². The number of rotatable bonds is 2. The molecule has 0 saturated carbocycles. The van der Waals surface area contributed by atoms with Crippen molar-refractivity contribution >= 4 is 11.7 Å². The van der Waals surface area contributed by atoms with Gasteiger partial charge in [0.05, 0.1) is 0 Å². The van der Waals surface area contributed by atoms with Crippen LogP contribution in [0.2, 0.25) is 0 Å². The molecule has 0 bridgehead atoms. The Hall–Kier alpha value is -3.28. The molecule has 106 valence electrons. The Labute approximate surface area is 126 Å². The fourth-order valence-corrected chi connectivity index (χ4v) is 2.42. The van der Waals surface area contributed by atoms with Gasteiger partial charge in [-0.25, -0.2) is 0 Å². The van der Waals surface area contributed by atoms with Crippen LogP contribution in [0.15, 0.2) is 60.7 Å². The van der Waals surface area contributed by atoms with Crippen molar-refractivity contribution in [2.45, 2.75) is 0 Å². The van der Waals surface area contributed by atoms with E-state index in [0.717, 1.165) is 22.5 Å². The summed E-state index contributed by atoms with van der Waals surface area (Å²) in [5, 5.41) is 12.7. The van der Waals surface area contributed by atoms with Gasteiger partial charge >= 0.3 is 0 Å². The van der Waals surface area contributed by atoms with Gasteiger partial charge in [-0.1, -0.05) is 60.7 Å². The minimum absolute atomic E-state index is 0.177. The summed E-state index contributed by atoms with van der Waals surface area (Å²) < 4.78 is 1.64. The Balaban J connectivity index is 2.09. The van der Waals surface area contributed by atoms with E-state index in [0.29, 0.717) is 5.78 Å². The SMILES string of the molecule is Nc1nc2nnc(-c3ccccc3)c(-c3ccccc3)n2n1. The van der Waals surface area contributed by atoms with Gasteiger partial charge in [-0.2, -0.15) is 9.50 Å². The summed E-state index contributed by atoms with van der Waals surface area (Å²) in [4.78, 5) is 4.09. The highest BCUT2D eigenvalue weighted by Crippen LogP contribution is 2.29. The second-order valence-corrected chi connectivity index (χ2v) is 4.81. The van der Waals surface area contributed by atoms with E-state index >= 15 is 0 Å². The van der Waals surface area contributed by atoms with Crippen LogP contribution in [0.1, 0.15) is 0 Å². The topological polar surface area (TPSA) is 82.0 Å². The molecule has 2 aromatic heterocycles. The minimum Gasteiger partial charge on any atom is -0.366 e. The molecule has 4 aromatic rings. The number of anilines is 1. The summed E-state index contributed by atoms with van der Waals surface area (Å²) in [5.41, 5.74) is 9.22. The number of hydrogen-bond donors (Lipinski definition) is 1. The highest BCUT2D eigenvalue weighted by molar-refractivity contribution is 5.78. The maximum Gasteiger partial charge on any atom is 0.274 e. The number of fused-ring (bicyclic) bond motifs is 1. The predicted octanol–water partition coefficient (Wildman–Crippen LogP) is 2.44. The first-order chi connectivity index (χ1) is 10.8. The number of nitrogens with two attached hydrogens (primary N) is 1.